The first-order valence-electron chi connectivity index (χ1n) is 5.78. The van der Waals surface area contributed by atoms with Gasteiger partial charge in [-0.15, -0.1) is 11.3 Å². The Morgan fingerprint density at radius 1 is 1.50 bits per heavy atom. The minimum atomic E-state index is -0.254. The fourth-order valence-corrected chi connectivity index (χ4v) is 3.38. The summed E-state index contributed by atoms with van der Waals surface area (Å²) in [5.74, 6) is -0.254. The lowest BCUT2D eigenvalue weighted by Gasteiger charge is -2.17. The molecule has 1 unspecified atom stereocenters. The summed E-state index contributed by atoms with van der Waals surface area (Å²) in [6.07, 6.45) is 2.37. The van der Waals surface area contributed by atoms with Gasteiger partial charge in [0, 0.05) is 22.0 Å². The average molecular weight is 329 g/mol. The van der Waals surface area contributed by atoms with E-state index in [0.29, 0.717) is 5.69 Å². The first kappa shape index (κ1) is 13.6. The van der Waals surface area contributed by atoms with Gasteiger partial charge >= 0.3 is 0 Å². The van der Waals surface area contributed by atoms with Gasteiger partial charge in [-0.2, -0.15) is 0 Å². The molecule has 96 valence electrons. The van der Waals surface area contributed by atoms with Crippen LogP contribution in [0, 0.1) is 5.82 Å². The smallest absolute Gasteiger partial charge is 0.146 e. The second-order valence-electron chi connectivity index (χ2n) is 3.88. The maximum absolute atomic E-state index is 13.8. The van der Waals surface area contributed by atoms with Gasteiger partial charge in [0.1, 0.15) is 5.82 Å². The average Bonchev–Trinajstić information content (AvgIpc) is 2.75. The number of pyridine rings is 1. The monoisotopic (exact) mass is 328 g/mol. The molecular formula is C13H14BrFN2S. The Hall–Kier alpha value is -0.780. The highest BCUT2D eigenvalue weighted by molar-refractivity contribution is 9.10. The van der Waals surface area contributed by atoms with E-state index in [0.717, 1.165) is 17.4 Å². The van der Waals surface area contributed by atoms with Gasteiger partial charge in [-0.05, 0) is 46.1 Å². The third-order valence-corrected chi connectivity index (χ3v) is 4.60. The minimum Gasteiger partial charge on any atom is -0.309 e. The lowest BCUT2D eigenvalue weighted by molar-refractivity contribution is 0.496. The van der Waals surface area contributed by atoms with Crippen LogP contribution in [0.3, 0.4) is 0 Å². The molecule has 0 saturated heterocycles. The zero-order valence-electron chi connectivity index (χ0n) is 9.99. The normalized spacial score (nSPS) is 12.6. The molecule has 0 saturated carbocycles. The van der Waals surface area contributed by atoms with Crippen LogP contribution in [0.5, 0.6) is 0 Å². The van der Waals surface area contributed by atoms with Crippen molar-refractivity contribution in [2.24, 2.45) is 0 Å². The molecule has 5 heteroatoms. The van der Waals surface area contributed by atoms with Crippen molar-refractivity contribution in [3.05, 3.63) is 50.6 Å². The number of thiophene rings is 1. The Balaban J connectivity index is 2.24. The van der Waals surface area contributed by atoms with Gasteiger partial charge in [0.05, 0.1) is 11.7 Å². The van der Waals surface area contributed by atoms with Crippen LogP contribution >= 0.6 is 27.3 Å². The number of likely N-dealkylation sites (N-methyl/N-ethyl adjacent to an activating group) is 1. The Bertz CT molecular complexity index is 515. The number of nitrogens with zero attached hydrogens (tertiary/aromatic N) is 1. The SMILES string of the molecule is CCNC(Cc1sccc1Br)c1ncccc1F. The van der Waals surface area contributed by atoms with Gasteiger partial charge < -0.3 is 5.32 Å². The van der Waals surface area contributed by atoms with Crippen molar-refractivity contribution in [2.75, 3.05) is 6.54 Å². The van der Waals surface area contributed by atoms with E-state index >= 15 is 0 Å². The Kier molecular flexibility index (Phi) is 4.86. The molecule has 0 aliphatic rings. The number of halogens is 2. The quantitative estimate of drug-likeness (QED) is 0.899. The zero-order valence-corrected chi connectivity index (χ0v) is 12.4. The Morgan fingerprint density at radius 2 is 2.33 bits per heavy atom. The van der Waals surface area contributed by atoms with Crippen LogP contribution in [0.15, 0.2) is 34.2 Å². The molecule has 0 amide bonds. The number of nitrogens with one attached hydrogen (secondary N) is 1. The summed E-state index contributed by atoms with van der Waals surface area (Å²) in [7, 11) is 0. The van der Waals surface area contributed by atoms with Crippen molar-refractivity contribution in [3.8, 4) is 0 Å². The Labute approximate surface area is 118 Å². The van der Waals surface area contributed by atoms with Gasteiger partial charge in [-0.3, -0.25) is 4.98 Å². The molecule has 2 aromatic rings. The van der Waals surface area contributed by atoms with Crippen molar-refractivity contribution >= 4 is 27.3 Å². The lowest BCUT2D eigenvalue weighted by Crippen LogP contribution is -2.24. The van der Waals surface area contributed by atoms with Crippen LogP contribution in [0.4, 0.5) is 4.39 Å². The van der Waals surface area contributed by atoms with Crippen LogP contribution in [-0.2, 0) is 6.42 Å². The topological polar surface area (TPSA) is 24.9 Å². The van der Waals surface area contributed by atoms with Crippen molar-refractivity contribution in [1.82, 2.24) is 10.3 Å². The van der Waals surface area contributed by atoms with Gasteiger partial charge in [-0.25, -0.2) is 4.39 Å². The molecular weight excluding hydrogens is 315 g/mol. The summed E-state index contributed by atoms with van der Waals surface area (Å²) in [6, 6.07) is 4.99. The third-order valence-electron chi connectivity index (χ3n) is 2.65. The summed E-state index contributed by atoms with van der Waals surface area (Å²) in [6.45, 7) is 2.79. The second kappa shape index (κ2) is 6.41. The first-order chi connectivity index (χ1) is 8.72. The van der Waals surface area contributed by atoms with Crippen LogP contribution in [-0.4, -0.2) is 11.5 Å². The third kappa shape index (κ3) is 3.16. The molecule has 0 aliphatic heterocycles. The van der Waals surface area contributed by atoms with Crippen molar-refractivity contribution in [3.63, 3.8) is 0 Å². The summed E-state index contributed by atoms with van der Waals surface area (Å²) in [5.41, 5.74) is 0.486. The van der Waals surface area contributed by atoms with E-state index in [1.54, 1.807) is 23.6 Å². The van der Waals surface area contributed by atoms with E-state index in [9.17, 15) is 4.39 Å². The van der Waals surface area contributed by atoms with E-state index in [-0.39, 0.29) is 11.9 Å². The number of hydrogen-bond donors (Lipinski definition) is 1. The molecule has 18 heavy (non-hydrogen) atoms. The van der Waals surface area contributed by atoms with Gasteiger partial charge in [-0.1, -0.05) is 6.92 Å². The van der Waals surface area contributed by atoms with Crippen LogP contribution in [0.25, 0.3) is 0 Å². The highest BCUT2D eigenvalue weighted by Crippen LogP contribution is 2.28. The van der Waals surface area contributed by atoms with Crippen LogP contribution < -0.4 is 5.32 Å². The number of aromatic nitrogens is 1. The Morgan fingerprint density at radius 3 is 2.94 bits per heavy atom. The molecule has 0 fully saturated rings. The highest BCUT2D eigenvalue weighted by atomic mass is 79.9. The molecule has 0 spiro atoms. The van der Waals surface area contributed by atoms with Crippen LogP contribution in [0.2, 0.25) is 0 Å². The molecule has 2 heterocycles. The largest absolute Gasteiger partial charge is 0.309 e. The van der Waals surface area contributed by atoms with Gasteiger partial charge in [0.25, 0.3) is 0 Å². The molecule has 2 aromatic heterocycles. The molecule has 2 nitrogen and oxygen atoms in total. The predicted octanol–water partition coefficient (Wildman–Crippen LogP) is 3.94. The molecule has 0 aliphatic carbocycles. The predicted molar refractivity (Wildman–Crippen MR) is 76.3 cm³/mol. The zero-order chi connectivity index (χ0) is 13.0. The van der Waals surface area contributed by atoms with Gasteiger partial charge in [0.15, 0.2) is 0 Å². The molecule has 1 atom stereocenters. The molecule has 0 radical (unpaired) electrons. The molecule has 2 rings (SSSR count). The van der Waals surface area contributed by atoms with E-state index < -0.39 is 0 Å². The lowest BCUT2D eigenvalue weighted by atomic mass is 10.1. The summed E-state index contributed by atoms with van der Waals surface area (Å²) in [5, 5.41) is 5.31. The first-order valence-corrected chi connectivity index (χ1v) is 7.45. The van der Waals surface area contributed by atoms with Crippen molar-refractivity contribution in [2.45, 2.75) is 19.4 Å². The maximum atomic E-state index is 13.8. The summed E-state index contributed by atoms with van der Waals surface area (Å²) < 4.78 is 14.9. The second-order valence-corrected chi connectivity index (χ2v) is 5.73. The minimum absolute atomic E-state index is 0.0915. The molecule has 0 aromatic carbocycles. The summed E-state index contributed by atoms with van der Waals surface area (Å²) in [4.78, 5) is 5.36. The fraction of sp³-hybridized carbons (Fsp3) is 0.308. The molecule has 1 N–H and O–H groups in total. The maximum Gasteiger partial charge on any atom is 0.146 e. The standard InChI is InChI=1S/C13H14BrFN2S/c1-2-16-11(8-12-9(14)5-7-18-12)13-10(15)4-3-6-17-13/h3-7,11,16H,2,8H2,1H3. The summed E-state index contributed by atoms with van der Waals surface area (Å²) >= 11 is 5.17. The van der Waals surface area contributed by atoms with Crippen molar-refractivity contribution in [1.29, 1.82) is 0 Å². The van der Waals surface area contributed by atoms with E-state index in [1.165, 1.54) is 10.9 Å². The fourth-order valence-electron chi connectivity index (χ4n) is 1.82. The van der Waals surface area contributed by atoms with E-state index in [4.69, 9.17) is 0 Å². The van der Waals surface area contributed by atoms with Gasteiger partial charge in [0.2, 0.25) is 0 Å². The highest BCUT2D eigenvalue weighted by Gasteiger charge is 2.18. The van der Waals surface area contributed by atoms with E-state index in [1.807, 2.05) is 18.4 Å². The number of hydrogen-bond acceptors (Lipinski definition) is 3. The van der Waals surface area contributed by atoms with Crippen LogP contribution in [0.1, 0.15) is 23.5 Å². The number of rotatable bonds is 5. The molecule has 0 bridgehead atoms. The van der Waals surface area contributed by atoms with Crippen molar-refractivity contribution < 1.29 is 4.39 Å². The van der Waals surface area contributed by atoms with E-state index in [2.05, 4.69) is 26.2 Å².